The van der Waals surface area contributed by atoms with Gasteiger partial charge < -0.3 is 10.2 Å². The Hall–Kier alpha value is -3.30. The van der Waals surface area contributed by atoms with Crippen molar-refractivity contribution in [2.45, 2.75) is 25.3 Å². The summed E-state index contributed by atoms with van der Waals surface area (Å²) in [5, 5.41) is 14.0. The monoisotopic (exact) mass is 473 g/mol. The lowest BCUT2D eigenvalue weighted by atomic mass is 10.1. The van der Waals surface area contributed by atoms with Crippen molar-refractivity contribution in [3.8, 4) is 0 Å². The summed E-state index contributed by atoms with van der Waals surface area (Å²) in [6, 6.07) is 14.8. The first-order valence-corrected chi connectivity index (χ1v) is 10.7. The summed E-state index contributed by atoms with van der Waals surface area (Å²) >= 11 is 5.73. The highest BCUT2D eigenvalue weighted by molar-refractivity contribution is 6.29. The van der Waals surface area contributed by atoms with Crippen molar-refractivity contribution >= 4 is 34.6 Å². The molecule has 0 bridgehead atoms. The van der Waals surface area contributed by atoms with Crippen LogP contribution in [0.3, 0.4) is 0 Å². The Morgan fingerprint density at radius 2 is 1.67 bits per heavy atom. The van der Waals surface area contributed by atoms with E-state index in [1.807, 2.05) is 41.3 Å². The summed E-state index contributed by atoms with van der Waals surface area (Å²) in [5.74, 6) is -3.27. The molecule has 1 aliphatic heterocycles. The molecule has 0 saturated carbocycles. The number of aromatic nitrogens is 2. The zero-order chi connectivity index (χ0) is 23.4. The number of carbonyl (C=O) groups excluding carboxylic acids is 1. The van der Waals surface area contributed by atoms with Crippen LogP contribution in [0, 0.1) is 0 Å². The number of anilines is 3. The molecule has 2 N–H and O–H groups in total. The van der Waals surface area contributed by atoms with Gasteiger partial charge >= 0.3 is 0 Å². The van der Waals surface area contributed by atoms with Gasteiger partial charge in [-0.1, -0.05) is 23.7 Å². The molecule has 2 heterocycles. The molecule has 1 saturated heterocycles. The van der Waals surface area contributed by atoms with Crippen LogP contribution in [0.1, 0.15) is 28.9 Å². The zero-order valence-electron chi connectivity index (χ0n) is 17.6. The largest absolute Gasteiger partial charge is 0.371 e. The van der Waals surface area contributed by atoms with Crippen molar-refractivity contribution < 1.29 is 18.8 Å². The fourth-order valence-electron chi connectivity index (χ4n) is 3.53. The van der Waals surface area contributed by atoms with Crippen molar-refractivity contribution in [1.29, 1.82) is 0 Å². The molecular weight excluding hydrogens is 452 g/mol. The van der Waals surface area contributed by atoms with E-state index in [1.165, 1.54) is 12.4 Å². The van der Waals surface area contributed by atoms with E-state index in [9.17, 15) is 18.8 Å². The van der Waals surface area contributed by atoms with Crippen LogP contribution in [0.25, 0.3) is 0 Å². The van der Waals surface area contributed by atoms with Gasteiger partial charge in [0, 0.05) is 43.0 Å². The van der Waals surface area contributed by atoms with Crippen molar-refractivity contribution in [1.82, 2.24) is 15.0 Å². The molecule has 172 valence electrons. The number of piperidine rings is 1. The van der Waals surface area contributed by atoms with Crippen molar-refractivity contribution in [2.75, 3.05) is 23.3 Å². The molecule has 2 aromatic carbocycles. The molecule has 7 nitrogen and oxygen atoms in total. The van der Waals surface area contributed by atoms with Crippen LogP contribution in [0.5, 0.6) is 0 Å². The van der Waals surface area contributed by atoms with Crippen LogP contribution >= 0.6 is 11.6 Å². The highest BCUT2D eigenvalue weighted by atomic mass is 35.5. The maximum atomic E-state index is 13.3. The predicted molar refractivity (Wildman–Crippen MR) is 121 cm³/mol. The first kappa shape index (κ1) is 22.9. The molecule has 0 spiro atoms. The van der Waals surface area contributed by atoms with E-state index >= 15 is 0 Å². The lowest BCUT2D eigenvalue weighted by Crippen LogP contribution is -2.39. The number of hydrogen-bond donors (Lipinski definition) is 2. The fourth-order valence-corrected chi connectivity index (χ4v) is 3.68. The molecule has 10 heteroatoms. The quantitative estimate of drug-likeness (QED) is 0.381. The van der Waals surface area contributed by atoms with Crippen LogP contribution in [0.15, 0.2) is 60.9 Å². The normalized spacial score (nSPS) is 15.2. The summed E-state index contributed by atoms with van der Waals surface area (Å²) in [7, 11) is 0. The third-order valence-corrected chi connectivity index (χ3v) is 5.54. The number of hydrogen-bond acceptors (Lipinski definition) is 6. The Bertz CT molecular complexity index is 1100. The second-order valence-corrected chi connectivity index (χ2v) is 8.19. The van der Waals surface area contributed by atoms with Gasteiger partial charge in [-0.2, -0.15) is 0 Å². The Balaban J connectivity index is 1.32. The Morgan fingerprint density at radius 1 is 1.06 bits per heavy atom. The lowest BCUT2D eigenvalue weighted by molar-refractivity contribution is -0.0652. The number of hydroxylamine groups is 2. The van der Waals surface area contributed by atoms with Crippen molar-refractivity contribution in [2.24, 2.45) is 0 Å². The molecule has 3 aromatic rings. The molecule has 0 aliphatic carbocycles. The van der Waals surface area contributed by atoms with E-state index in [0.29, 0.717) is 23.7 Å². The molecule has 1 aromatic heterocycles. The van der Waals surface area contributed by atoms with Gasteiger partial charge in [-0.25, -0.2) is 18.8 Å². The van der Waals surface area contributed by atoms with E-state index in [-0.39, 0.29) is 30.2 Å². The van der Waals surface area contributed by atoms with Gasteiger partial charge in [0.25, 0.3) is 11.8 Å². The van der Waals surface area contributed by atoms with Gasteiger partial charge in [0.05, 0.1) is 18.9 Å². The number of halogens is 3. The van der Waals surface area contributed by atoms with E-state index in [0.717, 1.165) is 17.1 Å². The van der Waals surface area contributed by atoms with Crippen molar-refractivity contribution in [3.05, 3.63) is 77.3 Å². The number of amides is 1. The van der Waals surface area contributed by atoms with Gasteiger partial charge in [-0.05, 0) is 42.0 Å². The second kappa shape index (κ2) is 9.68. The van der Waals surface area contributed by atoms with Crippen molar-refractivity contribution in [3.63, 3.8) is 0 Å². The van der Waals surface area contributed by atoms with Crippen LogP contribution in [-0.4, -0.2) is 45.2 Å². The molecule has 0 radical (unpaired) electrons. The minimum absolute atomic E-state index is 0.0309. The first-order valence-electron chi connectivity index (χ1n) is 10.4. The predicted octanol–water partition coefficient (Wildman–Crippen LogP) is 5.14. The number of benzene rings is 2. The fraction of sp³-hybridized carbons (Fsp3) is 0.261. The average molecular weight is 474 g/mol. The molecule has 1 aliphatic rings. The topological polar surface area (TPSA) is 81.6 Å². The smallest absolute Gasteiger partial charge is 0.297 e. The lowest BCUT2D eigenvalue weighted by Gasteiger charge is -2.33. The van der Waals surface area contributed by atoms with Gasteiger partial charge in [0.1, 0.15) is 5.15 Å². The third-order valence-electron chi connectivity index (χ3n) is 5.36. The summed E-state index contributed by atoms with van der Waals surface area (Å²) in [5.41, 5.74) is 3.25. The maximum absolute atomic E-state index is 13.3. The minimum atomic E-state index is -2.56. The summed E-state index contributed by atoms with van der Waals surface area (Å²) in [6.45, 7) is 0.655. The Kier molecular flexibility index (Phi) is 6.71. The van der Waals surface area contributed by atoms with Crippen LogP contribution in [0.4, 0.5) is 25.8 Å². The Labute approximate surface area is 194 Å². The number of nitrogens with zero attached hydrogens (tertiary/aromatic N) is 4. The van der Waals surface area contributed by atoms with Gasteiger partial charge in [0.15, 0.2) is 5.69 Å². The molecule has 1 amide bonds. The number of alkyl halides is 2. The van der Waals surface area contributed by atoms with E-state index in [4.69, 9.17) is 11.6 Å². The highest BCUT2D eigenvalue weighted by Crippen LogP contribution is 2.31. The van der Waals surface area contributed by atoms with Crippen LogP contribution in [-0.2, 0) is 6.54 Å². The van der Waals surface area contributed by atoms with Crippen LogP contribution in [0.2, 0.25) is 5.15 Å². The summed E-state index contributed by atoms with van der Waals surface area (Å²) < 4.78 is 26.7. The Morgan fingerprint density at radius 3 is 2.27 bits per heavy atom. The molecule has 0 atom stereocenters. The average Bonchev–Trinajstić information content (AvgIpc) is 2.80. The van der Waals surface area contributed by atoms with Gasteiger partial charge in [0.2, 0.25) is 0 Å². The van der Waals surface area contributed by atoms with E-state index in [1.54, 1.807) is 12.1 Å². The second-order valence-electron chi connectivity index (χ2n) is 7.80. The molecule has 0 unspecified atom stereocenters. The number of carbonyl (C=O) groups is 1. The molecular formula is C23H22ClF2N5O2. The van der Waals surface area contributed by atoms with Crippen LogP contribution < -0.4 is 10.2 Å². The molecule has 1 fully saturated rings. The molecule has 33 heavy (non-hydrogen) atoms. The maximum Gasteiger partial charge on any atom is 0.297 e. The number of nitrogens with one attached hydrogen (secondary N) is 1. The SMILES string of the molecule is O=C(c1cncc(Cl)n1)N(O)Cc1ccc(Nc2ccc(N3CCC(F)(F)CC3)cc2)cc1. The third kappa shape index (κ3) is 5.94. The first-order chi connectivity index (χ1) is 15.8. The minimum Gasteiger partial charge on any atom is -0.371 e. The zero-order valence-corrected chi connectivity index (χ0v) is 18.3. The van der Waals surface area contributed by atoms with E-state index < -0.39 is 11.8 Å². The molecule has 4 rings (SSSR count). The highest BCUT2D eigenvalue weighted by Gasteiger charge is 2.33. The standard InChI is InChI=1S/C23H22ClF2N5O2/c24-21-14-27-13-20(29-21)22(32)31(33)15-16-1-3-17(4-2-16)28-18-5-7-19(8-6-18)30-11-9-23(25,26)10-12-30/h1-8,13-14,28,33H,9-12,15H2. The van der Waals surface area contributed by atoms with Gasteiger partial charge in [-0.3, -0.25) is 15.0 Å². The van der Waals surface area contributed by atoms with E-state index in [2.05, 4.69) is 15.3 Å². The number of rotatable bonds is 6. The summed E-state index contributed by atoms with van der Waals surface area (Å²) in [4.78, 5) is 21.8. The van der Waals surface area contributed by atoms with Gasteiger partial charge in [-0.15, -0.1) is 0 Å². The summed E-state index contributed by atoms with van der Waals surface area (Å²) in [6.07, 6.45) is 2.29.